The van der Waals surface area contributed by atoms with E-state index in [0.29, 0.717) is 19.5 Å². The molecule has 0 bridgehead atoms. The lowest BCUT2D eigenvalue weighted by molar-refractivity contribution is -0.145. The van der Waals surface area contributed by atoms with Gasteiger partial charge in [-0.1, -0.05) is 29.8 Å². The summed E-state index contributed by atoms with van der Waals surface area (Å²) in [6.45, 7) is 3.51. The SMILES string of the molecule is COC(=O)C(CNC(=O)CNCC1CC1)Cc1cccc(C)c1. The number of carbonyl (C=O) groups excluding carboxylic acids is 2. The molecule has 1 saturated carbocycles. The standard InChI is InChI=1S/C18H26N2O3/c1-13-4-3-5-15(8-13)9-16(18(22)23-2)11-20-17(21)12-19-10-14-6-7-14/h3-5,8,14,16,19H,6-7,9-12H2,1-2H3,(H,20,21). The fourth-order valence-corrected chi connectivity index (χ4v) is 2.54. The zero-order valence-corrected chi connectivity index (χ0v) is 13.9. The topological polar surface area (TPSA) is 67.4 Å². The molecule has 0 aromatic heterocycles. The fourth-order valence-electron chi connectivity index (χ4n) is 2.54. The molecule has 126 valence electrons. The van der Waals surface area contributed by atoms with Gasteiger partial charge in [-0.3, -0.25) is 9.59 Å². The number of methoxy groups -OCH3 is 1. The third-order valence-electron chi connectivity index (χ3n) is 4.06. The molecule has 1 aromatic carbocycles. The molecule has 5 nitrogen and oxygen atoms in total. The average molecular weight is 318 g/mol. The Kier molecular flexibility index (Phi) is 6.59. The average Bonchev–Trinajstić information content (AvgIpc) is 3.35. The third-order valence-corrected chi connectivity index (χ3v) is 4.06. The lowest BCUT2D eigenvalue weighted by atomic mass is 9.98. The first-order chi connectivity index (χ1) is 11.1. The number of amides is 1. The number of esters is 1. The maximum atomic E-state index is 11.9. The summed E-state index contributed by atoms with van der Waals surface area (Å²) in [5.41, 5.74) is 2.22. The van der Waals surface area contributed by atoms with Crippen molar-refractivity contribution in [2.75, 3.05) is 26.7 Å². The van der Waals surface area contributed by atoms with Gasteiger partial charge in [0.2, 0.25) is 5.91 Å². The molecule has 1 amide bonds. The fraction of sp³-hybridized carbons (Fsp3) is 0.556. The number of rotatable bonds is 9. The molecule has 1 atom stereocenters. The molecule has 0 aliphatic heterocycles. The molecule has 0 spiro atoms. The van der Waals surface area contributed by atoms with Crippen LogP contribution in [-0.2, 0) is 20.7 Å². The first-order valence-electron chi connectivity index (χ1n) is 8.19. The Morgan fingerprint density at radius 2 is 2.13 bits per heavy atom. The Balaban J connectivity index is 1.80. The molecule has 2 N–H and O–H groups in total. The van der Waals surface area contributed by atoms with Gasteiger partial charge >= 0.3 is 5.97 Å². The Labute approximate surface area is 137 Å². The van der Waals surface area contributed by atoms with E-state index in [-0.39, 0.29) is 17.8 Å². The van der Waals surface area contributed by atoms with E-state index >= 15 is 0 Å². The van der Waals surface area contributed by atoms with Crippen molar-refractivity contribution in [1.29, 1.82) is 0 Å². The van der Waals surface area contributed by atoms with Crippen LogP contribution in [0.1, 0.15) is 24.0 Å². The van der Waals surface area contributed by atoms with Crippen LogP contribution in [0, 0.1) is 18.8 Å². The van der Waals surface area contributed by atoms with Crippen LogP contribution in [0.4, 0.5) is 0 Å². The number of carbonyl (C=O) groups is 2. The number of nitrogens with one attached hydrogen (secondary N) is 2. The highest BCUT2D eigenvalue weighted by Gasteiger charge is 2.22. The van der Waals surface area contributed by atoms with Crippen LogP contribution in [0.25, 0.3) is 0 Å². The van der Waals surface area contributed by atoms with E-state index in [0.717, 1.165) is 23.6 Å². The molecule has 1 fully saturated rings. The Hall–Kier alpha value is -1.88. The molecule has 1 aromatic rings. The van der Waals surface area contributed by atoms with Gasteiger partial charge in [0.05, 0.1) is 19.6 Å². The maximum Gasteiger partial charge on any atom is 0.310 e. The highest BCUT2D eigenvalue weighted by atomic mass is 16.5. The predicted molar refractivity (Wildman–Crippen MR) is 89.0 cm³/mol. The van der Waals surface area contributed by atoms with Crippen LogP contribution >= 0.6 is 0 Å². The van der Waals surface area contributed by atoms with Crippen LogP contribution in [-0.4, -0.2) is 38.6 Å². The van der Waals surface area contributed by atoms with Crippen molar-refractivity contribution < 1.29 is 14.3 Å². The molecule has 0 heterocycles. The van der Waals surface area contributed by atoms with Crippen molar-refractivity contribution in [2.45, 2.75) is 26.2 Å². The van der Waals surface area contributed by atoms with Gasteiger partial charge in [0.15, 0.2) is 0 Å². The first-order valence-corrected chi connectivity index (χ1v) is 8.19. The van der Waals surface area contributed by atoms with Crippen molar-refractivity contribution in [3.8, 4) is 0 Å². The van der Waals surface area contributed by atoms with E-state index in [4.69, 9.17) is 4.74 Å². The van der Waals surface area contributed by atoms with E-state index < -0.39 is 0 Å². The monoisotopic (exact) mass is 318 g/mol. The summed E-state index contributed by atoms with van der Waals surface area (Å²) < 4.78 is 4.86. The molecule has 0 saturated heterocycles. The minimum atomic E-state index is -0.366. The molecular weight excluding hydrogens is 292 g/mol. The molecule has 2 rings (SSSR count). The van der Waals surface area contributed by atoms with Crippen LogP contribution in [0.2, 0.25) is 0 Å². The van der Waals surface area contributed by atoms with Crippen LogP contribution in [0.3, 0.4) is 0 Å². The van der Waals surface area contributed by atoms with Gasteiger partial charge in [-0.15, -0.1) is 0 Å². The number of ether oxygens (including phenoxy) is 1. The normalized spacial score (nSPS) is 15.0. The predicted octanol–water partition coefficient (Wildman–Crippen LogP) is 1.44. The summed E-state index contributed by atoms with van der Waals surface area (Å²) in [5, 5.41) is 5.97. The first kappa shape index (κ1) is 17.5. The zero-order valence-electron chi connectivity index (χ0n) is 13.9. The summed E-state index contributed by atoms with van der Waals surface area (Å²) in [7, 11) is 1.38. The lowest BCUT2D eigenvalue weighted by Gasteiger charge is -2.16. The van der Waals surface area contributed by atoms with Gasteiger partial charge < -0.3 is 15.4 Å². The molecule has 1 aliphatic carbocycles. The Morgan fingerprint density at radius 1 is 1.35 bits per heavy atom. The van der Waals surface area contributed by atoms with Gasteiger partial charge in [0, 0.05) is 6.54 Å². The maximum absolute atomic E-state index is 11.9. The second kappa shape index (κ2) is 8.67. The number of aryl methyl sites for hydroxylation is 1. The van der Waals surface area contributed by atoms with Crippen molar-refractivity contribution in [2.24, 2.45) is 11.8 Å². The van der Waals surface area contributed by atoms with Crippen molar-refractivity contribution in [3.05, 3.63) is 35.4 Å². The van der Waals surface area contributed by atoms with E-state index in [2.05, 4.69) is 16.7 Å². The zero-order chi connectivity index (χ0) is 16.7. The molecule has 1 aliphatic rings. The Bertz CT molecular complexity index is 541. The lowest BCUT2D eigenvalue weighted by Crippen LogP contribution is -2.39. The van der Waals surface area contributed by atoms with Gasteiger partial charge in [-0.25, -0.2) is 0 Å². The van der Waals surface area contributed by atoms with Gasteiger partial charge in [-0.2, -0.15) is 0 Å². The largest absolute Gasteiger partial charge is 0.469 e. The van der Waals surface area contributed by atoms with Crippen molar-refractivity contribution >= 4 is 11.9 Å². The minimum Gasteiger partial charge on any atom is -0.469 e. The molecular formula is C18H26N2O3. The van der Waals surface area contributed by atoms with Crippen molar-refractivity contribution in [1.82, 2.24) is 10.6 Å². The van der Waals surface area contributed by atoms with Gasteiger partial charge in [0.1, 0.15) is 0 Å². The quantitative estimate of drug-likeness (QED) is 0.676. The van der Waals surface area contributed by atoms with E-state index in [1.807, 2.05) is 25.1 Å². The number of hydrogen-bond acceptors (Lipinski definition) is 4. The summed E-state index contributed by atoms with van der Waals surface area (Å²) in [6.07, 6.45) is 3.08. The second-order valence-corrected chi connectivity index (χ2v) is 6.29. The molecule has 23 heavy (non-hydrogen) atoms. The summed E-state index contributed by atoms with van der Waals surface area (Å²) >= 11 is 0. The van der Waals surface area contributed by atoms with Crippen LogP contribution in [0.5, 0.6) is 0 Å². The van der Waals surface area contributed by atoms with Crippen molar-refractivity contribution in [3.63, 3.8) is 0 Å². The summed E-state index contributed by atoms with van der Waals surface area (Å²) in [6, 6.07) is 8.03. The Morgan fingerprint density at radius 3 is 2.78 bits per heavy atom. The highest BCUT2D eigenvalue weighted by Crippen LogP contribution is 2.27. The smallest absolute Gasteiger partial charge is 0.310 e. The molecule has 0 radical (unpaired) electrons. The van der Waals surface area contributed by atoms with E-state index in [1.165, 1.54) is 20.0 Å². The van der Waals surface area contributed by atoms with E-state index in [1.54, 1.807) is 0 Å². The third kappa shape index (κ3) is 6.40. The highest BCUT2D eigenvalue weighted by molar-refractivity contribution is 5.79. The second-order valence-electron chi connectivity index (χ2n) is 6.29. The number of benzene rings is 1. The van der Waals surface area contributed by atoms with E-state index in [9.17, 15) is 9.59 Å². The van der Waals surface area contributed by atoms with Gasteiger partial charge in [0.25, 0.3) is 0 Å². The minimum absolute atomic E-state index is 0.0798. The summed E-state index contributed by atoms with van der Waals surface area (Å²) in [5.74, 6) is 0.00246. The molecule has 5 heteroatoms. The summed E-state index contributed by atoms with van der Waals surface area (Å²) in [4.78, 5) is 23.8. The van der Waals surface area contributed by atoms with Gasteiger partial charge in [-0.05, 0) is 44.2 Å². The van der Waals surface area contributed by atoms with Crippen LogP contribution in [0.15, 0.2) is 24.3 Å². The van der Waals surface area contributed by atoms with Crippen LogP contribution < -0.4 is 10.6 Å². The number of hydrogen-bond donors (Lipinski definition) is 2. The molecule has 1 unspecified atom stereocenters.